The van der Waals surface area contributed by atoms with Gasteiger partial charge in [-0.05, 0) is 48.3 Å². The Labute approximate surface area is 172 Å². The van der Waals surface area contributed by atoms with Gasteiger partial charge in [-0.3, -0.25) is 4.81 Å². The number of anilines is 4. The zero-order chi connectivity index (χ0) is 19.8. The summed E-state index contributed by atoms with van der Waals surface area (Å²) in [5, 5.41) is 0. The second kappa shape index (κ2) is 7.14. The number of benzene rings is 3. The van der Waals surface area contributed by atoms with Gasteiger partial charge >= 0.3 is 6.98 Å². The second-order valence-corrected chi connectivity index (χ2v) is 7.47. The molecule has 3 nitrogen and oxygen atoms in total. The monoisotopic (exact) mass is 376 g/mol. The largest absolute Gasteiger partial charge is 0.542 e. The van der Waals surface area contributed by atoms with Gasteiger partial charge in [0.1, 0.15) is 11.4 Å². The minimum absolute atomic E-state index is 0.0308. The fraction of sp³-hybridized carbons (Fsp3) is 0.0800. The smallest absolute Gasteiger partial charge is 0.333 e. The van der Waals surface area contributed by atoms with Crippen molar-refractivity contribution >= 4 is 35.3 Å². The number of nitrogens with zero attached hydrogens (tertiary/aromatic N) is 3. The lowest BCUT2D eigenvalue weighted by Gasteiger charge is -2.25. The van der Waals surface area contributed by atoms with Gasteiger partial charge in [0, 0.05) is 5.69 Å². The van der Waals surface area contributed by atoms with Crippen LogP contribution in [0.5, 0.6) is 0 Å². The molecule has 4 heteroatoms. The Kier molecular flexibility index (Phi) is 4.32. The van der Waals surface area contributed by atoms with Crippen LogP contribution in [0.3, 0.4) is 0 Å². The molecule has 29 heavy (non-hydrogen) atoms. The highest BCUT2D eigenvalue weighted by Gasteiger charge is 2.52. The lowest BCUT2D eigenvalue weighted by molar-refractivity contribution is -0.657. The first kappa shape index (κ1) is 17.6. The van der Waals surface area contributed by atoms with E-state index in [-0.39, 0.29) is 6.98 Å². The van der Waals surface area contributed by atoms with Crippen molar-refractivity contribution in [3.05, 3.63) is 109 Å². The molecule has 1 aliphatic rings. The molecule has 3 aromatic carbocycles. The molecule has 0 amide bonds. The van der Waals surface area contributed by atoms with Crippen molar-refractivity contribution in [2.45, 2.75) is 6.92 Å². The van der Waals surface area contributed by atoms with E-state index in [9.17, 15) is 0 Å². The number of rotatable bonds is 3. The van der Waals surface area contributed by atoms with Crippen LogP contribution >= 0.6 is 0 Å². The number of hydrogen-bond donors (Lipinski definition) is 0. The fourth-order valence-corrected chi connectivity index (χ4v) is 4.31. The highest BCUT2D eigenvalue weighted by atomic mass is 15.4. The minimum atomic E-state index is 0.0308. The lowest BCUT2D eigenvalue weighted by atomic mass is 9.64. The van der Waals surface area contributed by atoms with E-state index >= 15 is 0 Å². The molecule has 1 aromatic heterocycles. The van der Waals surface area contributed by atoms with Gasteiger partial charge in [0.15, 0.2) is 0 Å². The maximum Gasteiger partial charge on any atom is 0.542 e. The van der Waals surface area contributed by atoms with E-state index in [1.807, 2.05) is 0 Å². The van der Waals surface area contributed by atoms with Crippen molar-refractivity contribution < 1.29 is 4.57 Å². The predicted octanol–water partition coefficient (Wildman–Crippen LogP) is 4.50. The quantitative estimate of drug-likeness (QED) is 0.385. The summed E-state index contributed by atoms with van der Waals surface area (Å²) in [6.07, 6.45) is 2.13. The number of hydrogen-bond acceptors (Lipinski definition) is 2. The summed E-state index contributed by atoms with van der Waals surface area (Å²) in [5.41, 5.74) is 6.14. The van der Waals surface area contributed by atoms with Crippen LogP contribution in [0.1, 0.15) is 5.56 Å². The summed E-state index contributed by atoms with van der Waals surface area (Å²) in [6, 6.07) is 34.4. The number of para-hydroxylation sites is 2. The van der Waals surface area contributed by atoms with Gasteiger partial charge in [-0.25, -0.2) is 4.57 Å². The molecule has 0 unspecified atom stereocenters. The first-order valence-corrected chi connectivity index (χ1v) is 9.98. The molecule has 0 saturated carbocycles. The molecular formula is C25H23BN3+. The van der Waals surface area contributed by atoms with E-state index in [4.69, 9.17) is 0 Å². The Bertz CT molecular complexity index is 1150. The summed E-state index contributed by atoms with van der Waals surface area (Å²) in [4.78, 5) is 4.91. The minimum Gasteiger partial charge on any atom is -0.333 e. The van der Waals surface area contributed by atoms with Crippen LogP contribution in [0.25, 0.3) is 0 Å². The van der Waals surface area contributed by atoms with Gasteiger partial charge < -0.3 is 4.81 Å². The zero-order valence-corrected chi connectivity index (χ0v) is 16.7. The molecule has 0 atom stereocenters. The molecule has 2 heterocycles. The van der Waals surface area contributed by atoms with Crippen LogP contribution in [0.15, 0.2) is 103 Å². The van der Waals surface area contributed by atoms with Crippen molar-refractivity contribution in [2.24, 2.45) is 7.05 Å². The third-order valence-electron chi connectivity index (χ3n) is 5.61. The second-order valence-electron chi connectivity index (χ2n) is 7.47. The summed E-state index contributed by atoms with van der Waals surface area (Å²) in [5.74, 6) is 1.19. The van der Waals surface area contributed by atoms with Crippen LogP contribution in [-0.4, -0.2) is 6.98 Å². The van der Waals surface area contributed by atoms with Crippen molar-refractivity contribution in [2.75, 3.05) is 9.62 Å². The molecule has 0 aliphatic carbocycles. The Balaban J connectivity index is 1.82. The maximum absolute atomic E-state index is 2.47. The summed E-state index contributed by atoms with van der Waals surface area (Å²) < 4.78 is 2.22. The van der Waals surface area contributed by atoms with E-state index in [1.54, 1.807) is 0 Å². The molecular weight excluding hydrogens is 353 g/mol. The number of fused-ring (bicyclic) bond motifs is 1. The molecule has 0 bridgehead atoms. The number of aromatic nitrogens is 1. The van der Waals surface area contributed by atoms with Crippen LogP contribution in [-0.2, 0) is 7.05 Å². The predicted molar refractivity (Wildman–Crippen MR) is 121 cm³/mol. The molecule has 1 aliphatic heterocycles. The Morgan fingerprint density at radius 1 is 0.655 bits per heavy atom. The SMILES string of the molecule is Cc1ccccc1N1B(c2ccccc2)N(c2ccccc2)c2ccc[n+](C)c21. The van der Waals surface area contributed by atoms with E-state index in [2.05, 4.69) is 131 Å². The van der Waals surface area contributed by atoms with Gasteiger partial charge in [0.05, 0.1) is 13.2 Å². The van der Waals surface area contributed by atoms with Gasteiger partial charge in [-0.1, -0.05) is 66.7 Å². The third-order valence-corrected chi connectivity index (χ3v) is 5.61. The molecule has 0 fully saturated rings. The van der Waals surface area contributed by atoms with Crippen molar-refractivity contribution in [3.8, 4) is 0 Å². The maximum atomic E-state index is 2.47. The molecule has 0 N–H and O–H groups in total. The lowest BCUT2D eigenvalue weighted by Crippen LogP contribution is -2.54. The molecule has 4 aromatic rings. The topological polar surface area (TPSA) is 10.4 Å². The van der Waals surface area contributed by atoms with Crippen molar-refractivity contribution in [3.63, 3.8) is 0 Å². The molecule has 140 valence electrons. The van der Waals surface area contributed by atoms with Gasteiger partial charge in [-0.2, -0.15) is 0 Å². The Hall–Kier alpha value is -3.53. The summed E-state index contributed by atoms with van der Waals surface area (Å²) in [6.45, 7) is 2.22. The summed E-state index contributed by atoms with van der Waals surface area (Å²) >= 11 is 0. The Morgan fingerprint density at radius 2 is 1.28 bits per heavy atom. The van der Waals surface area contributed by atoms with Gasteiger partial charge in [0.2, 0.25) is 0 Å². The summed E-state index contributed by atoms with van der Waals surface area (Å²) in [7, 11) is 2.13. The van der Waals surface area contributed by atoms with E-state index in [1.165, 1.54) is 33.9 Å². The molecule has 0 spiro atoms. The van der Waals surface area contributed by atoms with Gasteiger partial charge in [0.25, 0.3) is 5.82 Å². The fourth-order valence-electron chi connectivity index (χ4n) is 4.31. The zero-order valence-electron chi connectivity index (χ0n) is 16.7. The van der Waals surface area contributed by atoms with Gasteiger partial charge in [-0.15, -0.1) is 0 Å². The van der Waals surface area contributed by atoms with Crippen molar-refractivity contribution in [1.29, 1.82) is 0 Å². The van der Waals surface area contributed by atoms with Crippen LogP contribution in [0.4, 0.5) is 22.9 Å². The Morgan fingerprint density at radius 3 is 2.00 bits per heavy atom. The molecule has 0 radical (unpaired) electrons. The number of pyridine rings is 1. The van der Waals surface area contributed by atoms with Crippen molar-refractivity contribution in [1.82, 2.24) is 0 Å². The molecule has 5 rings (SSSR count). The van der Waals surface area contributed by atoms with Crippen LogP contribution < -0.4 is 19.7 Å². The third kappa shape index (κ3) is 2.88. The standard InChI is InChI=1S/C25H23BN3/c1-20-12-9-10-17-23(20)29-25-24(18-11-19-27(25)2)28(22-15-7-4-8-16-22)26(29)21-13-5-3-6-14-21/h3-19H,1-2H3/q+1. The first-order valence-electron chi connectivity index (χ1n) is 9.98. The molecule has 0 saturated heterocycles. The van der Waals surface area contributed by atoms with E-state index < -0.39 is 0 Å². The normalized spacial score (nSPS) is 13.0. The highest BCUT2D eigenvalue weighted by molar-refractivity contribution is 6.84. The number of aryl methyl sites for hydroxylation is 2. The van der Waals surface area contributed by atoms with Crippen LogP contribution in [0, 0.1) is 6.92 Å². The van der Waals surface area contributed by atoms with E-state index in [0.29, 0.717) is 0 Å². The van der Waals surface area contributed by atoms with E-state index in [0.717, 1.165) is 0 Å². The highest BCUT2D eigenvalue weighted by Crippen LogP contribution is 2.44. The average molecular weight is 376 g/mol. The first-order chi connectivity index (χ1) is 14.3. The average Bonchev–Trinajstić information content (AvgIpc) is 3.11. The van der Waals surface area contributed by atoms with Crippen LogP contribution in [0.2, 0.25) is 0 Å².